The number of benzene rings is 2. The molecule has 0 aliphatic carbocycles. The van der Waals surface area contributed by atoms with Crippen LogP contribution in [0.5, 0.6) is 11.5 Å². The summed E-state index contributed by atoms with van der Waals surface area (Å²) in [5.74, 6) is 1.40. The molecule has 110 valence electrons. The average Bonchev–Trinajstić information content (AvgIpc) is 2.46. The van der Waals surface area contributed by atoms with E-state index in [1.165, 1.54) is 0 Å². The molecule has 3 N–H and O–H groups in total. The van der Waals surface area contributed by atoms with Gasteiger partial charge in [-0.1, -0.05) is 18.3 Å². The third kappa shape index (κ3) is 3.65. The Hall–Kier alpha value is -1.79. The van der Waals surface area contributed by atoms with Crippen LogP contribution in [0, 0.1) is 0 Å². The van der Waals surface area contributed by atoms with Crippen molar-refractivity contribution in [3.05, 3.63) is 46.4 Å². The molecule has 0 aliphatic rings. The summed E-state index contributed by atoms with van der Waals surface area (Å²) in [5, 5.41) is 3.29. The second-order valence-electron chi connectivity index (χ2n) is 4.25. The Balaban J connectivity index is 2.43. The molecular formula is C15H15BrN2O2S. The van der Waals surface area contributed by atoms with Gasteiger partial charge in [0.1, 0.15) is 16.5 Å². The van der Waals surface area contributed by atoms with Gasteiger partial charge in [0.2, 0.25) is 0 Å². The predicted molar refractivity (Wildman–Crippen MR) is 92.9 cm³/mol. The molecule has 0 heterocycles. The zero-order chi connectivity index (χ0) is 15.4. The van der Waals surface area contributed by atoms with Gasteiger partial charge in [0, 0.05) is 39.6 Å². The van der Waals surface area contributed by atoms with Crippen molar-refractivity contribution in [3.8, 4) is 11.5 Å². The average molecular weight is 367 g/mol. The zero-order valence-electron chi connectivity index (χ0n) is 11.6. The lowest BCUT2D eigenvalue weighted by Crippen LogP contribution is -2.12. The maximum atomic E-state index is 5.79. The van der Waals surface area contributed by atoms with Crippen LogP contribution in [0.2, 0.25) is 0 Å². The zero-order valence-corrected chi connectivity index (χ0v) is 14.0. The highest BCUT2D eigenvalue weighted by Crippen LogP contribution is 2.31. The van der Waals surface area contributed by atoms with Crippen LogP contribution in [0.25, 0.3) is 0 Å². The van der Waals surface area contributed by atoms with Gasteiger partial charge in [-0.3, -0.25) is 0 Å². The molecular weight excluding hydrogens is 352 g/mol. The van der Waals surface area contributed by atoms with Gasteiger partial charge in [-0.05, 0) is 28.1 Å². The Kier molecular flexibility index (Phi) is 5.03. The Morgan fingerprint density at radius 2 is 1.76 bits per heavy atom. The summed E-state index contributed by atoms with van der Waals surface area (Å²) in [5.41, 5.74) is 8.19. The van der Waals surface area contributed by atoms with Crippen LogP contribution in [0.15, 0.2) is 40.9 Å². The fourth-order valence-corrected chi connectivity index (χ4v) is 2.84. The van der Waals surface area contributed by atoms with Gasteiger partial charge in [0.15, 0.2) is 0 Å². The second-order valence-corrected chi connectivity index (χ2v) is 5.55. The topological polar surface area (TPSA) is 56.5 Å². The highest BCUT2D eigenvalue weighted by Gasteiger charge is 2.10. The lowest BCUT2D eigenvalue weighted by Gasteiger charge is -2.14. The number of thiocarbonyl (C=S) groups is 1. The first-order chi connectivity index (χ1) is 10.0. The number of anilines is 2. The Morgan fingerprint density at radius 3 is 2.29 bits per heavy atom. The Morgan fingerprint density at radius 1 is 1.14 bits per heavy atom. The predicted octanol–water partition coefficient (Wildman–Crippen LogP) is 3.84. The minimum absolute atomic E-state index is 0.319. The van der Waals surface area contributed by atoms with Crippen molar-refractivity contribution in [2.24, 2.45) is 5.73 Å². The maximum Gasteiger partial charge on any atom is 0.124 e. The van der Waals surface area contributed by atoms with Crippen LogP contribution in [0.1, 0.15) is 5.56 Å². The Bertz CT molecular complexity index is 654. The van der Waals surface area contributed by atoms with Crippen molar-refractivity contribution in [2.75, 3.05) is 19.5 Å². The standard InChI is InChI=1S/C15H15BrN2O2S/c1-19-10-6-9(7-11(8-10)20-2)18-13-5-3-4-12(16)14(13)15(17)21/h3-8,18H,1-2H3,(H2,17,21). The number of nitrogens with two attached hydrogens (primary N) is 1. The highest BCUT2D eigenvalue weighted by atomic mass is 79.9. The number of hydrogen-bond acceptors (Lipinski definition) is 4. The molecule has 0 radical (unpaired) electrons. The van der Waals surface area contributed by atoms with E-state index in [2.05, 4.69) is 21.2 Å². The monoisotopic (exact) mass is 366 g/mol. The lowest BCUT2D eigenvalue weighted by atomic mass is 10.1. The first-order valence-corrected chi connectivity index (χ1v) is 7.33. The van der Waals surface area contributed by atoms with Crippen LogP contribution in [-0.2, 0) is 0 Å². The molecule has 2 aromatic rings. The normalized spacial score (nSPS) is 10.0. The SMILES string of the molecule is COc1cc(Nc2cccc(Br)c2C(N)=S)cc(OC)c1. The number of rotatable bonds is 5. The summed E-state index contributed by atoms with van der Waals surface area (Å²) in [4.78, 5) is 0.319. The highest BCUT2D eigenvalue weighted by molar-refractivity contribution is 9.10. The van der Waals surface area contributed by atoms with Crippen LogP contribution >= 0.6 is 28.1 Å². The summed E-state index contributed by atoms with van der Waals surface area (Å²) in [6, 6.07) is 11.3. The van der Waals surface area contributed by atoms with E-state index in [1.54, 1.807) is 20.3 Å². The largest absolute Gasteiger partial charge is 0.497 e. The van der Waals surface area contributed by atoms with E-state index in [0.717, 1.165) is 21.4 Å². The van der Waals surface area contributed by atoms with Crippen molar-refractivity contribution >= 4 is 44.5 Å². The molecule has 21 heavy (non-hydrogen) atoms. The maximum absolute atomic E-state index is 5.79. The molecule has 0 bridgehead atoms. The molecule has 0 atom stereocenters. The van der Waals surface area contributed by atoms with Gasteiger partial charge in [-0.2, -0.15) is 0 Å². The van der Waals surface area contributed by atoms with Gasteiger partial charge in [-0.15, -0.1) is 0 Å². The molecule has 0 saturated carbocycles. The smallest absolute Gasteiger partial charge is 0.124 e. The number of ether oxygens (including phenoxy) is 2. The fourth-order valence-electron chi connectivity index (χ4n) is 1.91. The molecule has 6 heteroatoms. The molecule has 0 amide bonds. The second kappa shape index (κ2) is 6.78. The summed E-state index contributed by atoms with van der Waals surface area (Å²) in [7, 11) is 3.22. The van der Waals surface area contributed by atoms with Crippen LogP contribution in [-0.4, -0.2) is 19.2 Å². The van der Waals surface area contributed by atoms with Crippen LogP contribution in [0.4, 0.5) is 11.4 Å². The summed E-state index contributed by atoms with van der Waals surface area (Å²) < 4.78 is 11.4. The molecule has 4 nitrogen and oxygen atoms in total. The molecule has 0 spiro atoms. The molecule has 0 aromatic heterocycles. The quantitative estimate of drug-likeness (QED) is 0.787. The van der Waals surface area contributed by atoms with Crippen molar-refractivity contribution in [1.82, 2.24) is 0 Å². The third-order valence-corrected chi connectivity index (χ3v) is 3.76. The summed E-state index contributed by atoms with van der Waals surface area (Å²) in [6.07, 6.45) is 0. The van der Waals surface area contributed by atoms with Crippen LogP contribution < -0.4 is 20.5 Å². The Labute approximate surface area is 137 Å². The minimum atomic E-state index is 0.319. The third-order valence-electron chi connectivity index (χ3n) is 2.89. The van der Waals surface area contributed by atoms with E-state index in [-0.39, 0.29) is 0 Å². The van der Waals surface area contributed by atoms with Crippen LogP contribution in [0.3, 0.4) is 0 Å². The van der Waals surface area contributed by atoms with E-state index in [4.69, 9.17) is 27.4 Å². The number of nitrogens with one attached hydrogen (secondary N) is 1. The van der Waals surface area contributed by atoms with Crippen molar-refractivity contribution in [2.45, 2.75) is 0 Å². The van der Waals surface area contributed by atoms with E-state index in [9.17, 15) is 0 Å². The molecule has 0 aliphatic heterocycles. The summed E-state index contributed by atoms with van der Waals surface area (Å²) in [6.45, 7) is 0. The van der Waals surface area contributed by atoms with Gasteiger partial charge in [0.05, 0.1) is 14.2 Å². The van der Waals surface area contributed by atoms with E-state index in [1.807, 2.05) is 30.3 Å². The van der Waals surface area contributed by atoms with E-state index in [0.29, 0.717) is 16.5 Å². The fraction of sp³-hybridized carbons (Fsp3) is 0.133. The lowest BCUT2D eigenvalue weighted by molar-refractivity contribution is 0.395. The minimum Gasteiger partial charge on any atom is -0.497 e. The molecule has 0 fully saturated rings. The number of hydrogen-bond donors (Lipinski definition) is 2. The first kappa shape index (κ1) is 15.6. The van der Waals surface area contributed by atoms with Gasteiger partial charge >= 0.3 is 0 Å². The van der Waals surface area contributed by atoms with Gasteiger partial charge in [-0.25, -0.2) is 0 Å². The number of methoxy groups -OCH3 is 2. The first-order valence-electron chi connectivity index (χ1n) is 6.13. The van der Waals surface area contributed by atoms with Gasteiger partial charge in [0.25, 0.3) is 0 Å². The molecule has 0 saturated heterocycles. The van der Waals surface area contributed by atoms with Crippen molar-refractivity contribution in [1.29, 1.82) is 0 Å². The molecule has 2 aromatic carbocycles. The summed E-state index contributed by atoms with van der Waals surface area (Å²) >= 11 is 8.57. The van der Waals surface area contributed by atoms with Crippen molar-refractivity contribution in [3.63, 3.8) is 0 Å². The van der Waals surface area contributed by atoms with Gasteiger partial charge < -0.3 is 20.5 Å². The van der Waals surface area contributed by atoms with E-state index < -0.39 is 0 Å². The van der Waals surface area contributed by atoms with Crippen molar-refractivity contribution < 1.29 is 9.47 Å². The number of halogens is 1. The molecule has 0 unspecified atom stereocenters. The molecule has 2 rings (SSSR count). The van der Waals surface area contributed by atoms with E-state index >= 15 is 0 Å².